The predicted octanol–water partition coefficient (Wildman–Crippen LogP) is 2.50. The third kappa shape index (κ3) is 3.02. The Hall–Kier alpha value is -1.63. The van der Waals surface area contributed by atoms with E-state index in [4.69, 9.17) is 21.4 Å². The zero-order chi connectivity index (χ0) is 14.8. The molecule has 1 atom stereocenters. The van der Waals surface area contributed by atoms with Crippen LogP contribution in [-0.2, 0) is 11.2 Å². The van der Waals surface area contributed by atoms with Gasteiger partial charge in [-0.25, -0.2) is 9.78 Å². The molecule has 3 rings (SSSR count). The highest BCUT2D eigenvalue weighted by atomic mass is 35.5. The summed E-state index contributed by atoms with van der Waals surface area (Å²) < 4.78 is 5.38. The van der Waals surface area contributed by atoms with Gasteiger partial charge < -0.3 is 15.2 Å². The van der Waals surface area contributed by atoms with Crippen molar-refractivity contribution in [2.75, 3.05) is 13.2 Å². The van der Waals surface area contributed by atoms with E-state index in [2.05, 4.69) is 10.3 Å². The van der Waals surface area contributed by atoms with Crippen LogP contribution in [0.4, 0.5) is 0 Å². The molecule has 1 aromatic heterocycles. The van der Waals surface area contributed by atoms with Crippen LogP contribution in [0, 0.1) is 0 Å². The summed E-state index contributed by atoms with van der Waals surface area (Å²) in [4.78, 5) is 16.2. The van der Waals surface area contributed by atoms with Crippen LogP contribution in [0.25, 0.3) is 0 Å². The second kappa shape index (κ2) is 6.01. The summed E-state index contributed by atoms with van der Waals surface area (Å²) in [6, 6.07) is 5.14. The van der Waals surface area contributed by atoms with Crippen molar-refractivity contribution in [3.05, 3.63) is 44.9 Å². The third-order valence-electron chi connectivity index (χ3n) is 3.28. The van der Waals surface area contributed by atoms with Crippen molar-refractivity contribution in [3.8, 4) is 5.75 Å². The largest absolute Gasteiger partial charge is 0.482 e. The Balaban J connectivity index is 1.98. The van der Waals surface area contributed by atoms with Crippen molar-refractivity contribution in [2.24, 2.45) is 0 Å². The van der Waals surface area contributed by atoms with Gasteiger partial charge >= 0.3 is 5.97 Å². The molecular weight excluding hydrogens is 312 g/mol. The fourth-order valence-corrected chi connectivity index (χ4v) is 3.51. The first kappa shape index (κ1) is 14.3. The smallest absolute Gasteiger partial charge is 0.341 e. The lowest BCUT2D eigenvalue weighted by Crippen LogP contribution is -2.30. The van der Waals surface area contributed by atoms with E-state index in [-0.39, 0.29) is 12.6 Å². The molecule has 2 N–H and O–H groups in total. The fraction of sp³-hybridized carbons (Fsp3) is 0.286. The summed E-state index contributed by atoms with van der Waals surface area (Å²) in [5, 5.41) is 12.8. The number of halogens is 1. The van der Waals surface area contributed by atoms with Gasteiger partial charge in [-0.15, -0.1) is 11.3 Å². The van der Waals surface area contributed by atoms with E-state index >= 15 is 0 Å². The molecule has 0 saturated heterocycles. The molecule has 1 aliphatic heterocycles. The van der Waals surface area contributed by atoms with Crippen LogP contribution in [0.2, 0.25) is 5.02 Å². The number of thiazole rings is 1. The quantitative estimate of drug-likeness (QED) is 0.904. The second-order valence-electron chi connectivity index (χ2n) is 4.67. The van der Waals surface area contributed by atoms with Gasteiger partial charge in [0.1, 0.15) is 5.75 Å². The minimum absolute atomic E-state index is 0.0660. The molecule has 1 unspecified atom stereocenters. The molecule has 1 aliphatic rings. The lowest BCUT2D eigenvalue weighted by Gasteiger charge is -2.25. The first-order chi connectivity index (χ1) is 10.1. The molecule has 0 saturated carbocycles. The van der Waals surface area contributed by atoms with E-state index in [0.717, 1.165) is 29.1 Å². The summed E-state index contributed by atoms with van der Waals surface area (Å²) in [7, 11) is 0. The Morgan fingerprint density at radius 3 is 3.24 bits per heavy atom. The Kier molecular flexibility index (Phi) is 4.10. The second-order valence-corrected chi connectivity index (χ2v) is 5.99. The van der Waals surface area contributed by atoms with Crippen LogP contribution in [0.5, 0.6) is 5.75 Å². The zero-order valence-corrected chi connectivity index (χ0v) is 12.6. The molecule has 2 aromatic rings. The van der Waals surface area contributed by atoms with E-state index in [1.165, 1.54) is 0 Å². The lowest BCUT2D eigenvalue weighted by atomic mass is 9.99. The standard InChI is InChI=1S/C14H13ClN2O3S/c15-8-1-2-11(20-6-12(18)19)9(5-8)13-14-10(3-4-16-13)17-7-21-14/h1-2,5,7,13,16H,3-4,6H2,(H,18,19). The van der Waals surface area contributed by atoms with Crippen molar-refractivity contribution < 1.29 is 14.6 Å². The fourth-order valence-electron chi connectivity index (χ4n) is 2.40. The SMILES string of the molecule is O=C(O)COc1ccc(Cl)cc1C1NCCc2ncsc21. The normalized spacial score (nSPS) is 17.3. The molecule has 0 amide bonds. The maximum atomic E-state index is 10.7. The van der Waals surface area contributed by atoms with Gasteiger partial charge in [-0.3, -0.25) is 0 Å². The number of benzene rings is 1. The van der Waals surface area contributed by atoms with Crippen molar-refractivity contribution in [3.63, 3.8) is 0 Å². The molecule has 2 heterocycles. The first-order valence-electron chi connectivity index (χ1n) is 6.45. The number of hydrogen-bond acceptors (Lipinski definition) is 5. The maximum Gasteiger partial charge on any atom is 0.341 e. The van der Waals surface area contributed by atoms with Crippen LogP contribution >= 0.6 is 22.9 Å². The van der Waals surface area contributed by atoms with Gasteiger partial charge in [0.15, 0.2) is 6.61 Å². The Labute approximate surface area is 130 Å². The summed E-state index contributed by atoms with van der Waals surface area (Å²) >= 11 is 7.67. The molecule has 0 fully saturated rings. The molecule has 7 heteroatoms. The average molecular weight is 325 g/mol. The number of nitrogens with one attached hydrogen (secondary N) is 1. The van der Waals surface area contributed by atoms with Crippen LogP contribution in [0.1, 0.15) is 22.2 Å². The molecule has 0 spiro atoms. The van der Waals surface area contributed by atoms with Crippen molar-refractivity contribution in [2.45, 2.75) is 12.5 Å². The monoisotopic (exact) mass is 324 g/mol. The minimum Gasteiger partial charge on any atom is -0.482 e. The van der Waals surface area contributed by atoms with E-state index in [1.54, 1.807) is 23.5 Å². The molecule has 0 aliphatic carbocycles. The number of carboxylic acids is 1. The first-order valence-corrected chi connectivity index (χ1v) is 7.70. The average Bonchev–Trinajstić information content (AvgIpc) is 2.94. The maximum absolute atomic E-state index is 10.7. The third-order valence-corrected chi connectivity index (χ3v) is 4.45. The van der Waals surface area contributed by atoms with Gasteiger partial charge in [-0.05, 0) is 18.2 Å². The molecule has 21 heavy (non-hydrogen) atoms. The van der Waals surface area contributed by atoms with E-state index in [1.807, 2.05) is 11.6 Å². The van der Waals surface area contributed by atoms with Gasteiger partial charge in [-0.2, -0.15) is 0 Å². The number of carboxylic acid groups (broad SMARTS) is 1. The van der Waals surface area contributed by atoms with Crippen LogP contribution in [0.15, 0.2) is 23.7 Å². The molecular formula is C14H13ClN2O3S. The molecule has 5 nitrogen and oxygen atoms in total. The highest BCUT2D eigenvalue weighted by Crippen LogP contribution is 2.37. The molecule has 0 bridgehead atoms. The number of rotatable bonds is 4. The number of fused-ring (bicyclic) bond motifs is 1. The van der Waals surface area contributed by atoms with E-state index in [9.17, 15) is 4.79 Å². The van der Waals surface area contributed by atoms with Crippen molar-refractivity contribution in [1.29, 1.82) is 0 Å². The number of ether oxygens (including phenoxy) is 1. The predicted molar refractivity (Wildman–Crippen MR) is 80.2 cm³/mol. The lowest BCUT2D eigenvalue weighted by molar-refractivity contribution is -0.139. The van der Waals surface area contributed by atoms with Crippen molar-refractivity contribution >= 4 is 28.9 Å². The minimum atomic E-state index is -1.01. The Bertz CT molecular complexity index is 674. The molecule has 1 aromatic carbocycles. The van der Waals surface area contributed by atoms with Crippen LogP contribution < -0.4 is 10.1 Å². The zero-order valence-electron chi connectivity index (χ0n) is 11.0. The number of aromatic nitrogens is 1. The van der Waals surface area contributed by atoms with E-state index in [0.29, 0.717) is 10.8 Å². The topological polar surface area (TPSA) is 71.5 Å². The molecule has 0 radical (unpaired) electrons. The number of nitrogens with zero attached hydrogens (tertiary/aromatic N) is 1. The highest BCUT2D eigenvalue weighted by Gasteiger charge is 2.26. The van der Waals surface area contributed by atoms with Gasteiger partial charge in [-0.1, -0.05) is 11.6 Å². The summed E-state index contributed by atoms with van der Waals surface area (Å²) in [6.07, 6.45) is 0.890. The van der Waals surface area contributed by atoms with Crippen LogP contribution in [0.3, 0.4) is 0 Å². The summed E-state index contributed by atoms with van der Waals surface area (Å²) in [5.74, 6) is -0.480. The van der Waals surface area contributed by atoms with Crippen LogP contribution in [-0.4, -0.2) is 29.2 Å². The van der Waals surface area contributed by atoms with Gasteiger partial charge in [0.2, 0.25) is 0 Å². The summed E-state index contributed by atoms with van der Waals surface area (Å²) in [6.45, 7) is 0.434. The molecule has 110 valence electrons. The Morgan fingerprint density at radius 1 is 1.57 bits per heavy atom. The van der Waals surface area contributed by atoms with Crippen molar-refractivity contribution in [1.82, 2.24) is 10.3 Å². The number of hydrogen-bond donors (Lipinski definition) is 2. The van der Waals surface area contributed by atoms with Gasteiger partial charge in [0.05, 0.1) is 17.2 Å². The van der Waals surface area contributed by atoms with E-state index < -0.39 is 5.97 Å². The number of carbonyl (C=O) groups is 1. The van der Waals surface area contributed by atoms with Gasteiger partial charge in [0.25, 0.3) is 0 Å². The Morgan fingerprint density at radius 2 is 2.43 bits per heavy atom. The highest BCUT2D eigenvalue weighted by molar-refractivity contribution is 7.09. The number of aliphatic carboxylic acids is 1. The van der Waals surface area contributed by atoms with Gasteiger partial charge in [0, 0.05) is 28.4 Å². The summed E-state index contributed by atoms with van der Waals surface area (Å²) in [5.41, 5.74) is 3.74.